The molecule has 0 atom stereocenters. The molecule has 4 nitrogen and oxygen atoms in total. The molecule has 0 radical (unpaired) electrons. The molecule has 4 rings (SSSR count). The van der Waals surface area contributed by atoms with Crippen molar-refractivity contribution in [3.63, 3.8) is 0 Å². The molecule has 0 unspecified atom stereocenters. The number of halogens is 2. The number of ether oxygens (including phenoxy) is 1. The zero-order valence-corrected chi connectivity index (χ0v) is 17.6. The fourth-order valence-corrected chi connectivity index (χ4v) is 3.99. The average Bonchev–Trinajstić information content (AvgIpc) is 3.22. The summed E-state index contributed by atoms with van der Waals surface area (Å²) in [6.07, 6.45) is 4.38. The smallest absolute Gasteiger partial charge is 0.166 e. The van der Waals surface area contributed by atoms with E-state index in [1.54, 1.807) is 18.3 Å². The molecular weight excluding hydrogens is 405 g/mol. The van der Waals surface area contributed by atoms with Crippen LogP contribution >= 0.6 is 23.2 Å². The molecule has 6 heteroatoms. The SMILES string of the molecule is Nc1ncc(-c2ccc(CN3CCCC3)cc2)cc1OCc1ccc(Cl)cc1Cl. The van der Waals surface area contributed by atoms with Crippen molar-refractivity contribution in [2.45, 2.75) is 26.0 Å². The number of benzene rings is 2. The summed E-state index contributed by atoms with van der Waals surface area (Å²) in [6, 6.07) is 15.9. The van der Waals surface area contributed by atoms with Gasteiger partial charge in [0, 0.05) is 33.9 Å². The van der Waals surface area contributed by atoms with Crippen molar-refractivity contribution < 1.29 is 4.74 Å². The van der Waals surface area contributed by atoms with Crippen molar-refractivity contribution in [3.8, 4) is 16.9 Å². The van der Waals surface area contributed by atoms with E-state index in [1.165, 1.54) is 31.5 Å². The molecule has 150 valence electrons. The highest BCUT2D eigenvalue weighted by molar-refractivity contribution is 6.35. The molecule has 1 aliphatic rings. The van der Waals surface area contributed by atoms with E-state index in [4.69, 9.17) is 33.7 Å². The highest BCUT2D eigenvalue weighted by Crippen LogP contribution is 2.29. The van der Waals surface area contributed by atoms with Crippen LogP contribution in [-0.4, -0.2) is 23.0 Å². The normalized spacial score (nSPS) is 14.3. The van der Waals surface area contributed by atoms with E-state index < -0.39 is 0 Å². The molecule has 1 saturated heterocycles. The van der Waals surface area contributed by atoms with Gasteiger partial charge >= 0.3 is 0 Å². The first-order valence-corrected chi connectivity index (χ1v) is 10.5. The zero-order valence-electron chi connectivity index (χ0n) is 16.1. The third-order valence-corrected chi connectivity index (χ3v) is 5.76. The second-order valence-electron chi connectivity index (χ2n) is 7.31. The van der Waals surface area contributed by atoms with Crippen molar-refractivity contribution in [2.75, 3.05) is 18.8 Å². The van der Waals surface area contributed by atoms with E-state index in [-0.39, 0.29) is 0 Å². The molecule has 2 aromatic carbocycles. The van der Waals surface area contributed by atoms with Crippen LogP contribution in [0, 0.1) is 0 Å². The summed E-state index contributed by atoms with van der Waals surface area (Å²) in [5.41, 5.74) is 10.2. The third-order valence-electron chi connectivity index (χ3n) is 5.17. The van der Waals surface area contributed by atoms with Gasteiger partial charge in [0.25, 0.3) is 0 Å². The number of aromatic nitrogens is 1. The molecule has 0 spiro atoms. The van der Waals surface area contributed by atoms with Crippen LogP contribution in [0.15, 0.2) is 54.7 Å². The van der Waals surface area contributed by atoms with Crippen molar-refractivity contribution in [1.29, 1.82) is 0 Å². The number of nitrogens with zero attached hydrogens (tertiary/aromatic N) is 2. The van der Waals surface area contributed by atoms with Gasteiger partial charge in [0.15, 0.2) is 11.6 Å². The lowest BCUT2D eigenvalue weighted by Gasteiger charge is -2.15. The van der Waals surface area contributed by atoms with Crippen LogP contribution in [0.5, 0.6) is 5.75 Å². The standard InChI is InChI=1S/C23H23Cl2N3O/c24-20-8-7-18(21(25)12-20)15-29-22-11-19(13-27-23(22)26)17-5-3-16(4-6-17)14-28-9-1-2-10-28/h3-8,11-13H,1-2,9-10,14-15H2,(H2,26,27). The largest absolute Gasteiger partial charge is 0.485 e. The first kappa shape index (κ1) is 20.0. The minimum absolute atomic E-state index is 0.292. The topological polar surface area (TPSA) is 51.4 Å². The number of hydrogen-bond donors (Lipinski definition) is 1. The Morgan fingerprint density at radius 2 is 1.72 bits per heavy atom. The summed E-state index contributed by atoms with van der Waals surface area (Å²) >= 11 is 12.2. The Morgan fingerprint density at radius 3 is 2.45 bits per heavy atom. The van der Waals surface area contributed by atoms with Crippen LogP contribution in [-0.2, 0) is 13.2 Å². The van der Waals surface area contributed by atoms with Gasteiger partial charge in [0.2, 0.25) is 0 Å². The van der Waals surface area contributed by atoms with E-state index in [2.05, 4.69) is 34.1 Å². The predicted octanol–water partition coefficient (Wildman–Crippen LogP) is 5.81. The zero-order chi connectivity index (χ0) is 20.2. The van der Waals surface area contributed by atoms with Gasteiger partial charge in [-0.3, -0.25) is 4.90 Å². The predicted molar refractivity (Wildman–Crippen MR) is 119 cm³/mol. The van der Waals surface area contributed by atoms with E-state index >= 15 is 0 Å². The highest BCUT2D eigenvalue weighted by Gasteiger charge is 2.12. The van der Waals surface area contributed by atoms with Crippen molar-refractivity contribution in [1.82, 2.24) is 9.88 Å². The number of nitrogens with two attached hydrogens (primary N) is 1. The maximum Gasteiger partial charge on any atom is 0.166 e. The van der Waals surface area contributed by atoms with Crippen molar-refractivity contribution >= 4 is 29.0 Å². The lowest BCUT2D eigenvalue weighted by Crippen LogP contribution is -2.18. The van der Waals surface area contributed by atoms with Gasteiger partial charge in [-0.05, 0) is 55.3 Å². The van der Waals surface area contributed by atoms with E-state index in [9.17, 15) is 0 Å². The number of anilines is 1. The first-order valence-electron chi connectivity index (χ1n) is 9.72. The van der Waals surface area contributed by atoms with Gasteiger partial charge in [0.1, 0.15) is 6.61 Å². The summed E-state index contributed by atoms with van der Waals surface area (Å²) in [7, 11) is 0. The molecular formula is C23H23Cl2N3O. The Kier molecular flexibility index (Phi) is 6.24. The molecule has 0 aliphatic carbocycles. The molecule has 1 aliphatic heterocycles. The highest BCUT2D eigenvalue weighted by atomic mass is 35.5. The second-order valence-corrected chi connectivity index (χ2v) is 8.16. The third kappa shape index (κ3) is 5.02. The van der Waals surface area contributed by atoms with Crippen LogP contribution < -0.4 is 10.5 Å². The molecule has 1 aromatic heterocycles. The Balaban J connectivity index is 1.47. The van der Waals surface area contributed by atoms with E-state index in [0.717, 1.165) is 23.2 Å². The minimum Gasteiger partial charge on any atom is -0.485 e. The van der Waals surface area contributed by atoms with E-state index in [1.807, 2.05) is 12.1 Å². The van der Waals surface area contributed by atoms with Gasteiger partial charge < -0.3 is 10.5 Å². The fraction of sp³-hybridized carbons (Fsp3) is 0.261. The number of pyridine rings is 1. The molecule has 1 fully saturated rings. The number of nitrogen functional groups attached to an aromatic ring is 1. The summed E-state index contributed by atoms with van der Waals surface area (Å²) in [6.45, 7) is 3.69. The van der Waals surface area contributed by atoms with Gasteiger partial charge in [-0.2, -0.15) is 0 Å². The monoisotopic (exact) mass is 427 g/mol. The Hall–Kier alpha value is -2.27. The number of hydrogen-bond acceptors (Lipinski definition) is 4. The van der Waals surface area contributed by atoms with Gasteiger partial charge in [-0.15, -0.1) is 0 Å². The molecule has 0 amide bonds. The molecule has 0 bridgehead atoms. The Labute approximate surface area is 181 Å². The molecule has 2 N–H and O–H groups in total. The van der Waals surface area contributed by atoms with Crippen LogP contribution in [0.25, 0.3) is 11.1 Å². The Morgan fingerprint density at radius 1 is 0.966 bits per heavy atom. The van der Waals surface area contributed by atoms with Crippen molar-refractivity contribution in [3.05, 3.63) is 75.9 Å². The van der Waals surface area contributed by atoms with Crippen LogP contribution in [0.3, 0.4) is 0 Å². The summed E-state index contributed by atoms with van der Waals surface area (Å²) in [5.74, 6) is 0.888. The quantitative estimate of drug-likeness (QED) is 0.538. The van der Waals surface area contributed by atoms with Gasteiger partial charge in [-0.1, -0.05) is 53.5 Å². The fourth-order valence-electron chi connectivity index (χ4n) is 3.52. The van der Waals surface area contributed by atoms with E-state index in [0.29, 0.717) is 28.2 Å². The molecule has 2 heterocycles. The Bertz CT molecular complexity index is 986. The number of likely N-dealkylation sites (tertiary alicyclic amines) is 1. The summed E-state index contributed by atoms with van der Waals surface area (Å²) in [5, 5.41) is 1.16. The first-order chi connectivity index (χ1) is 14.1. The van der Waals surface area contributed by atoms with Crippen LogP contribution in [0.4, 0.5) is 5.82 Å². The minimum atomic E-state index is 0.292. The van der Waals surface area contributed by atoms with Crippen LogP contribution in [0.1, 0.15) is 24.0 Å². The summed E-state index contributed by atoms with van der Waals surface area (Å²) in [4.78, 5) is 6.79. The maximum absolute atomic E-state index is 6.22. The lowest BCUT2D eigenvalue weighted by molar-refractivity contribution is 0.307. The van der Waals surface area contributed by atoms with Gasteiger partial charge in [-0.25, -0.2) is 4.98 Å². The maximum atomic E-state index is 6.22. The molecule has 29 heavy (non-hydrogen) atoms. The van der Waals surface area contributed by atoms with Crippen LogP contribution in [0.2, 0.25) is 10.0 Å². The van der Waals surface area contributed by atoms with Crippen molar-refractivity contribution in [2.24, 2.45) is 0 Å². The molecule has 0 saturated carbocycles. The average molecular weight is 428 g/mol. The molecule has 3 aromatic rings. The summed E-state index contributed by atoms with van der Waals surface area (Å²) < 4.78 is 5.90. The van der Waals surface area contributed by atoms with Gasteiger partial charge in [0.05, 0.1) is 0 Å². The number of rotatable bonds is 6. The lowest BCUT2D eigenvalue weighted by atomic mass is 10.1. The second kappa shape index (κ2) is 9.04.